The highest BCUT2D eigenvalue weighted by molar-refractivity contribution is 5.90. The Hall–Kier alpha value is -2.28. The Bertz CT molecular complexity index is 724. The van der Waals surface area contributed by atoms with Gasteiger partial charge in [-0.05, 0) is 43.4 Å². The summed E-state index contributed by atoms with van der Waals surface area (Å²) in [6.45, 7) is 2.72. The predicted molar refractivity (Wildman–Crippen MR) is 90.9 cm³/mol. The number of nitrogens with zero attached hydrogens (tertiary/aromatic N) is 5. The van der Waals surface area contributed by atoms with Crippen molar-refractivity contribution in [3.05, 3.63) is 41.7 Å². The van der Waals surface area contributed by atoms with Gasteiger partial charge in [-0.1, -0.05) is 0 Å². The minimum absolute atomic E-state index is 0.0621. The fraction of sp³-hybridized carbons (Fsp3) is 0.556. The molecule has 2 aromatic rings. The van der Waals surface area contributed by atoms with Gasteiger partial charge in [0, 0.05) is 45.1 Å². The number of rotatable bonds is 5. The SMILES string of the molecule is O=C(c1nnc2n1CCCC2)N(Cc1ccncc1)C[C@@H]1CCCO1. The molecule has 25 heavy (non-hydrogen) atoms. The third kappa shape index (κ3) is 3.56. The maximum atomic E-state index is 13.2. The van der Waals surface area contributed by atoms with Gasteiger partial charge < -0.3 is 14.2 Å². The summed E-state index contributed by atoms with van der Waals surface area (Å²) in [5.41, 5.74) is 1.06. The number of hydrogen-bond acceptors (Lipinski definition) is 5. The van der Waals surface area contributed by atoms with Gasteiger partial charge in [-0.25, -0.2) is 0 Å². The van der Waals surface area contributed by atoms with E-state index in [1.165, 1.54) is 0 Å². The zero-order chi connectivity index (χ0) is 17.1. The summed E-state index contributed by atoms with van der Waals surface area (Å²) in [7, 11) is 0. The van der Waals surface area contributed by atoms with Crippen molar-refractivity contribution in [1.29, 1.82) is 0 Å². The van der Waals surface area contributed by atoms with Crippen LogP contribution in [0.5, 0.6) is 0 Å². The minimum Gasteiger partial charge on any atom is -0.376 e. The van der Waals surface area contributed by atoms with Crippen LogP contribution in [0.1, 0.15) is 47.7 Å². The van der Waals surface area contributed by atoms with Crippen molar-refractivity contribution in [3.63, 3.8) is 0 Å². The van der Waals surface area contributed by atoms with Crippen LogP contribution in [-0.2, 0) is 24.2 Å². The average Bonchev–Trinajstić information content (AvgIpc) is 3.31. The van der Waals surface area contributed by atoms with Gasteiger partial charge in [-0.15, -0.1) is 10.2 Å². The molecule has 1 fully saturated rings. The molecule has 0 bridgehead atoms. The van der Waals surface area contributed by atoms with Crippen LogP contribution < -0.4 is 0 Å². The molecule has 0 unspecified atom stereocenters. The molecule has 0 N–H and O–H groups in total. The van der Waals surface area contributed by atoms with Crippen LogP contribution in [0.2, 0.25) is 0 Å². The van der Waals surface area contributed by atoms with Crippen molar-refractivity contribution in [1.82, 2.24) is 24.6 Å². The van der Waals surface area contributed by atoms with Gasteiger partial charge >= 0.3 is 0 Å². The second kappa shape index (κ2) is 7.31. The number of ether oxygens (including phenoxy) is 1. The Balaban J connectivity index is 1.57. The van der Waals surface area contributed by atoms with E-state index in [0.29, 0.717) is 18.9 Å². The zero-order valence-corrected chi connectivity index (χ0v) is 14.3. The first-order chi connectivity index (χ1) is 12.3. The van der Waals surface area contributed by atoms with E-state index < -0.39 is 0 Å². The number of aromatic nitrogens is 4. The van der Waals surface area contributed by atoms with E-state index >= 15 is 0 Å². The van der Waals surface area contributed by atoms with Crippen LogP contribution in [0.3, 0.4) is 0 Å². The van der Waals surface area contributed by atoms with Gasteiger partial charge in [0.05, 0.1) is 6.10 Å². The normalized spacial score (nSPS) is 19.6. The van der Waals surface area contributed by atoms with Crippen LogP contribution in [0.4, 0.5) is 0 Å². The molecule has 1 atom stereocenters. The van der Waals surface area contributed by atoms with Gasteiger partial charge in [0.15, 0.2) is 0 Å². The van der Waals surface area contributed by atoms with E-state index in [-0.39, 0.29) is 12.0 Å². The maximum Gasteiger partial charge on any atom is 0.292 e. The topological polar surface area (TPSA) is 73.1 Å². The lowest BCUT2D eigenvalue weighted by molar-refractivity contribution is 0.0493. The predicted octanol–water partition coefficient (Wildman–Crippen LogP) is 1.83. The summed E-state index contributed by atoms with van der Waals surface area (Å²) in [6, 6.07) is 3.88. The quantitative estimate of drug-likeness (QED) is 0.829. The van der Waals surface area contributed by atoms with Crippen LogP contribution in [0, 0.1) is 0 Å². The Morgan fingerprint density at radius 3 is 2.92 bits per heavy atom. The lowest BCUT2D eigenvalue weighted by Gasteiger charge is -2.26. The van der Waals surface area contributed by atoms with Gasteiger partial charge in [-0.3, -0.25) is 9.78 Å². The van der Waals surface area contributed by atoms with Gasteiger partial charge in [-0.2, -0.15) is 0 Å². The van der Waals surface area contributed by atoms with Crippen LogP contribution >= 0.6 is 0 Å². The van der Waals surface area contributed by atoms with Crippen molar-refractivity contribution in [2.24, 2.45) is 0 Å². The highest BCUT2D eigenvalue weighted by Gasteiger charge is 2.28. The molecule has 2 aliphatic rings. The first kappa shape index (κ1) is 16.2. The summed E-state index contributed by atoms with van der Waals surface area (Å²) < 4.78 is 7.74. The lowest BCUT2D eigenvalue weighted by Crippen LogP contribution is -2.38. The Morgan fingerprint density at radius 1 is 1.24 bits per heavy atom. The monoisotopic (exact) mass is 341 g/mol. The first-order valence-corrected chi connectivity index (χ1v) is 9.03. The van der Waals surface area contributed by atoms with E-state index in [2.05, 4.69) is 15.2 Å². The molecule has 4 heterocycles. The van der Waals surface area contributed by atoms with E-state index in [9.17, 15) is 4.79 Å². The Morgan fingerprint density at radius 2 is 2.12 bits per heavy atom. The molecule has 0 saturated carbocycles. The number of amides is 1. The summed E-state index contributed by atoms with van der Waals surface area (Å²) in [4.78, 5) is 19.1. The van der Waals surface area contributed by atoms with E-state index in [0.717, 1.165) is 56.6 Å². The van der Waals surface area contributed by atoms with Crippen LogP contribution in [0.25, 0.3) is 0 Å². The molecule has 0 radical (unpaired) electrons. The van der Waals surface area contributed by atoms with E-state index in [4.69, 9.17) is 4.74 Å². The number of aryl methyl sites for hydroxylation is 1. The molecular formula is C18H23N5O2. The number of carbonyl (C=O) groups excluding carboxylic acids is 1. The molecular weight excluding hydrogens is 318 g/mol. The molecule has 1 amide bonds. The minimum atomic E-state index is -0.0621. The molecule has 2 aliphatic heterocycles. The number of carbonyl (C=O) groups is 1. The highest BCUT2D eigenvalue weighted by Crippen LogP contribution is 2.19. The molecule has 0 spiro atoms. The molecule has 4 rings (SSSR count). The molecule has 1 saturated heterocycles. The first-order valence-electron chi connectivity index (χ1n) is 9.03. The van der Waals surface area contributed by atoms with Crippen LogP contribution in [0.15, 0.2) is 24.5 Å². The van der Waals surface area contributed by atoms with Crippen molar-refractivity contribution in [3.8, 4) is 0 Å². The molecule has 132 valence electrons. The van der Waals surface area contributed by atoms with E-state index in [1.807, 2.05) is 21.6 Å². The van der Waals surface area contributed by atoms with Crippen LogP contribution in [-0.4, -0.2) is 49.8 Å². The van der Waals surface area contributed by atoms with Crippen molar-refractivity contribution < 1.29 is 9.53 Å². The summed E-state index contributed by atoms with van der Waals surface area (Å²) in [6.07, 6.45) is 8.75. The lowest BCUT2D eigenvalue weighted by atomic mass is 10.1. The van der Waals surface area contributed by atoms with E-state index in [1.54, 1.807) is 12.4 Å². The van der Waals surface area contributed by atoms with Gasteiger partial charge in [0.1, 0.15) is 5.82 Å². The summed E-state index contributed by atoms with van der Waals surface area (Å²) in [5, 5.41) is 8.43. The number of hydrogen-bond donors (Lipinski definition) is 0. The Kier molecular flexibility index (Phi) is 4.74. The van der Waals surface area contributed by atoms with Crippen molar-refractivity contribution in [2.45, 2.75) is 51.3 Å². The van der Waals surface area contributed by atoms with Gasteiger partial charge in [0.25, 0.3) is 5.91 Å². The smallest absolute Gasteiger partial charge is 0.292 e. The highest BCUT2D eigenvalue weighted by atomic mass is 16.5. The third-order valence-corrected chi connectivity index (χ3v) is 4.91. The summed E-state index contributed by atoms with van der Waals surface area (Å²) >= 11 is 0. The number of fused-ring (bicyclic) bond motifs is 1. The molecule has 7 nitrogen and oxygen atoms in total. The van der Waals surface area contributed by atoms with Gasteiger partial charge in [0.2, 0.25) is 5.82 Å². The molecule has 7 heteroatoms. The second-order valence-corrected chi connectivity index (χ2v) is 6.72. The Labute approximate surface area is 147 Å². The summed E-state index contributed by atoms with van der Waals surface area (Å²) in [5.74, 6) is 1.32. The second-order valence-electron chi connectivity index (χ2n) is 6.72. The molecule has 0 aliphatic carbocycles. The third-order valence-electron chi connectivity index (χ3n) is 4.91. The average molecular weight is 341 g/mol. The maximum absolute atomic E-state index is 13.2. The fourth-order valence-electron chi connectivity index (χ4n) is 3.57. The largest absolute Gasteiger partial charge is 0.376 e. The molecule has 2 aromatic heterocycles. The fourth-order valence-corrected chi connectivity index (χ4v) is 3.57. The number of pyridine rings is 1. The molecule has 0 aromatic carbocycles. The van der Waals surface area contributed by atoms with Crippen molar-refractivity contribution >= 4 is 5.91 Å². The van der Waals surface area contributed by atoms with Crippen molar-refractivity contribution in [2.75, 3.05) is 13.2 Å². The zero-order valence-electron chi connectivity index (χ0n) is 14.3. The standard InChI is InChI=1S/C18H23N5O2/c24-18(17-21-20-16-5-1-2-10-23(16)17)22(13-15-4-3-11-25-15)12-14-6-8-19-9-7-14/h6-9,15H,1-5,10-13H2/t15-/m0/s1.